The summed E-state index contributed by atoms with van der Waals surface area (Å²) in [5.41, 5.74) is 0.937. The summed E-state index contributed by atoms with van der Waals surface area (Å²) in [7, 11) is -4.40. The molecule has 0 aromatic heterocycles. The summed E-state index contributed by atoms with van der Waals surface area (Å²) in [5.74, 6) is -1.58. The Hall–Kier alpha value is -2.82. The molecule has 0 aliphatic rings. The maximum Gasteiger partial charge on any atom is 0.343 e. The summed E-state index contributed by atoms with van der Waals surface area (Å²) in [6.07, 6.45) is 0. The maximum atomic E-state index is 12.7. The van der Waals surface area contributed by atoms with Crippen molar-refractivity contribution in [2.45, 2.75) is 18.4 Å². The van der Waals surface area contributed by atoms with Gasteiger partial charge in [0, 0.05) is 14.7 Å². The lowest BCUT2D eigenvalue weighted by atomic mass is 10.2. The molecular weight excluding hydrogens is 730 g/mol. The molecular formula is C25H18I2O9S. The van der Waals surface area contributed by atoms with E-state index in [1.165, 1.54) is 43.3 Å². The molecule has 0 heterocycles. The van der Waals surface area contributed by atoms with Crippen LogP contribution in [-0.4, -0.2) is 30.9 Å². The summed E-state index contributed by atoms with van der Waals surface area (Å²) < 4.78 is 49.0. The average molecular weight is 748 g/mol. The molecule has 0 fully saturated rings. The van der Waals surface area contributed by atoms with Crippen molar-refractivity contribution in [3.63, 3.8) is 0 Å². The van der Waals surface area contributed by atoms with Crippen LogP contribution >= 0.6 is 45.2 Å². The zero-order valence-electron chi connectivity index (χ0n) is 19.1. The zero-order chi connectivity index (χ0) is 27.3. The monoisotopic (exact) mass is 748 g/mol. The smallest absolute Gasteiger partial charge is 0.343 e. The Labute approximate surface area is 239 Å². The molecule has 0 unspecified atom stereocenters. The number of hydrogen-bond acceptors (Lipinski definition) is 8. The number of benzene rings is 3. The van der Waals surface area contributed by atoms with E-state index in [9.17, 15) is 22.8 Å². The summed E-state index contributed by atoms with van der Waals surface area (Å²) in [6.45, 7) is 4.82. The summed E-state index contributed by atoms with van der Waals surface area (Å²) in [5, 5.41) is 0. The molecule has 0 radical (unpaired) electrons. The van der Waals surface area contributed by atoms with Gasteiger partial charge in [-0.05, 0) is 113 Å². The van der Waals surface area contributed by atoms with E-state index in [0.29, 0.717) is 9.13 Å². The first kappa shape index (κ1) is 28.7. The molecule has 3 rings (SSSR count). The average Bonchev–Trinajstić information content (AvgIpc) is 2.84. The lowest BCUT2D eigenvalue weighted by Crippen LogP contribution is -2.13. The summed E-state index contributed by atoms with van der Waals surface area (Å²) in [4.78, 5) is 36.5. The van der Waals surface area contributed by atoms with Crippen molar-refractivity contribution >= 4 is 73.2 Å². The van der Waals surface area contributed by atoms with Crippen molar-refractivity contribution in [1.29, 1.82) is 0 Å². The highest BCUT2D eigenvalue weighted by molar-refractivity contribution is 14.1. The first-order valence-electron chi connectivity index (χ1n) is 10.3. The molecule has 0 spiro atoms. The van der Waals surface area contributed by atoms with Gasteiger partial charge in [0.1, 0.15) is 12.4 Å². The topological polar surface area (TPSA) is 133 Å². The van der Waals surface area contributed by atoms with Crippen molar-refractivity contribution in [3.05, 3.63) is 96.6 Å². The normalized spacial score (nSPS) is 10.9. The molecule has 0 bridgehead atoms. The van der Waals surface area contributed by atoms with Crippen LogP contribution in [0.25, 0.3) is 0 Å². The first-order chi connectivity index (χ1) is 17.3. The Morgan fingerprint density at radius 3 is 2.03 bits per heavy atom. The van der Waals surface area contributed by atoms with E-state index < -0.39 is 28.0 Å². The summed E-state index contributed by atoms with van der Waals surface area (Å²) in [6, 6.07) is 13.8. The minimum atomic E-state index is -4.40. The highest BCUT2D eigenvalue weighted by atomic mass is 127. The van der Waals surface area contributed by atoms with Gasteiger partial charge in [0.25, 0.3) is 10.1 Å². The van der Waals surface area contributed by atoms with Crippen LogP contribution < -0.4 is 9.47 Å². The van der Waals surface area contributed by atoms with Crippen LogP contribution in [0.1, 0.15) is 33.2 Å². The minimum Gasteiger partial charge on any atom is -0.457 e. The Morgan fingerprint density at radius 2 is 1.46 bits per heavy atom. The largest absolute Gasteiger partial charge is 0.457 e. The molecule has 1 N–H and O–H groups in total. The third kappa shape index (κ3) is 7.83. The number of hydrogen-bond donors (Lipinski definition) is 1. The van der Waals surface area contributed by atoms with E-state index in [1.54, 1.807) is 12.1 Å². The lowest BCUT2D eigenvalue weighted by Gasteiger charge is -2.14. The van der Waals surface area contributed by atoms with Crippen LogP contribution in [-0.2, 0) is 26.3 Å². The number of halogens is 2. The van der Waals surface area contributed by atoms with E-state index >= 15 is 0 Å². The number of ether oxygens (including phenoxy) is 3. The molecule has 37 heavy (non-hydrogen) atoms. The molecule has 0 aliphatic carbocycles. The molecule has 9 nitrogen and oxygen atoms in total. The predicted octanol–water partition coefficient (Wildman–Crippen LogP) is 5.20. The van der Waals surface area contributed by atoms with Crippen molar-refractivity contribution < 1.29 is 41.6 Å². The molecule has 12 heteroatoms. The molecule has 0 saturated heterocycles. The molecule has 3 aromatic carbocycles. The van der Waals surface area contributed by atoms with E-state index in [-0.39, 0.29) is 39.7 Å². The fraction of sp³-hybridized carbons (Fsp3) is 0.0800. The van der Waals surface area contributed by atoms with Crippen molar-refractivity contribution in [2.24, 2.45) is 0 Å². The number of carbonyl (C=O) groups excluding carboxylic acids is 3. The van der Waals surface area contributed by atoms with Gasteiger partial charge >= 0.3 is 17.9 Å². The van der Waals surface area contributed by atoms with Crippen molar-refractivity contribution in [2.75, 3.05) is 0 Å². The third-order valence-electron chi connectivity index (χ3n) is 4.68. The second-order valence-electron chi connectivity index (χ2n) is 7.54. The van der Waals surface area contributed by atoms with Crippen molar-refractivity contribution in [1.82, 2.24) is 0 Å². The molecule has 3 aromatic rings. The standard InChI is InChI=1S/C25H18I2O9S/c1-14(2)23(28)35-19-7-3-15(4-8-19)24(29)34-13-17-11-18(26)12-21(27)22(17)36-25(30)16-5-9-20(10-6-16)37(31,32)33/h3-12H,1,13H2,2H3,(H,31,32,33). The number of rotatable bonds is 8. The second-order valence-corrected chi connectivity index (χ2v) is 11.4. The van der Waals surface area contributed by atoms with Crippen LogP contribution in [0, 0.1) is 7.14 Å². The van der Waals surface area contributed by atoms with Gasteiger partial charge in [0.15, 0.2) is 5.75 Å². The fourth-order valence-corrected chi connectivity index (χ4v) is 5.38. The first-order valence-corrected chi connectivity index (χ1v) is 13.9. The second kappa shape index (κ2) is 12.1. The van der Waals surface area contributed by atoms with Crippen LogP contribution in [0.5, 0.6) is 11.5 Å². The molecule has 0 amide bonds. The Bertz CT molecular complexity index is 1480. The van der Waals surface area contributed by atoms with Gasteiger partial charge in [0.2, 0.25) is 0 Å². The fourth-order valence-electron chi connectivity index (χ4n) is 2.83. The van der Waals surface area contributed by atoms with Gasteiger partial charge in [-0.15, -0.1) is 0 Å². The van der Waals surface area contributed by atoms with Crippen LogP contribution in [0.3, 0.4) is 0 Å². The highest BCUT2D eigenvalue weighted by Gasteiger charge is 2.19. The van der Waals surface area contributed by atoms with E-state index in [2.05, 4.69) is 29.2 Å². The molecule has 0 aliphatic heterocycles. The zero-order valence-corrected chi connectivity index (χ0v) is 24.2. The van der Waals surface area contributed by atoms with E-state index in [1.807, 2.05) is 22.6 Å². The van der Waals surface area contributed by atoms with Gasteiger partial charge in [-0.1, -0.05) is 6.58 Å². The lowest BCUT2D eigenvalue weighted by molar-refractivity contribution is -0.130. The molecule has 0 atom stereocenters. The third-order valence-corrected chi connectivity index (χ3v) is 6.97. The quantitative estimate of drug-likeness (QED) is 0.109. The highest BCUT2D eigenvalue weighted by Crippen LogP contribution is 2.30. The SMILES string of the molecule is C=C(C)C(=O)Oc1ccc(C(=O)OCc2cc(I)cc(I)c2OC(=O)c2ccc(S(=O)(=O)O)cc2)cc1. The molecule has 192 valence electrons. The Morgan fingerprint density at radius 1 is 0.892 bits per heavy atom. The predicted molar refractivity (Wildman–Crippen MR) is 149 cm³/mol. The summed E-state index contributed by atoms with van der Waals surface area (Å²) >= 11 is 4.06. The van der Waals surface area contributed by atoms with Gasteiger partial charge in [-0.3, -0.25) is 4.55 Å². The van der Waals surface area contributed by atoms with Crippen LogP contribution in [0.2, 0.25) is 0 Å². The van der Waals surface area contributed by atoms with Gasteiger partial charge in [0.05, 0.1) is 19.6 Å². The van der Waals surface area contributed by atoms with Gasteiger partial charge < -0.3 is 14.2 Å². The number of carbonyl (C=O) groups is 3. The van der Waals surface area contributed by atoms with Crippen LogP contribution in [0.15, 0.2) is 77.7 Å². The Balaban J connectivity index is 1.73. The van der Waals surface area contributed by atoms with Gasteiger partial charge in [-0.25, -0.2) is 14.4 Å². The maximum absolute atomic E-state index is 12.7. The molecule has 0 saturated carbocycles. The van der Waals surface area contributed by atoms with E-state index in [0.717, 1.165) is 15.7 Å². The van der Waals surface area contributed by atoms with Crippen molar-refractivity contribution in [3.8, 4) is 11.5 Å². The van der Waals surface area contributed by atoms with E-state index in [4.69, 9.17) is 18.8 Å². The van der Waals surface area contributed by atoms with Gasteiger partial charge in [-0.2, -0.15) is 8.42 Å². The number of esters is 3. The minimum absolute atomic E-state index is 0.0529. The van der Waals surface area contributed by atoms with Crippen LogP contribution in [0.4, 0.5) is 0 Å². The Kier molecular flexibility index (Phi) is 9.44.